The Labute approximate surface area is 98.0 Å². The van der Waals surface area contributed by atoms with Gasteiger partial charge in [0.05, 0.1) is 19.0 Å². The highest BCUT2D eigenvalue weighted by molar-refractivity contribution is 5.22. The van der Waals surface area contributed by atoms with Crippen LogP contribution in [-0.4, -0.2) is 18.3 Å². The summed E-state index contributed by atoms with van der Waals surface area (Å²) in [6, 6.07) is 0. The van der Waals surface area contributed by atoms with Crippen molar-refractivity contribution in [2.24, 2.45) is 17.3 Å². The van der Waals surface area contributed by atoms with Gasteiger partial charge in [0.25, 0.3) is 0 Å². The molecule has 1 heterocycles. The second kappa shape index (κ2) is 3.25. The third kappa shape index (κ3) is 1.22. The third-order valence-electron chi connectivity index (χ3n) is 5.25. The Morgan fingerprint density at radius 1 is 1.38 bits per heavy atom. The van der Waals surface area contributed by atoms with Crippen molar-refractivity contribution in [2.75, 3.05) is 6.61 Å². The summed E-state index contributed by atoms with van der Waals surface area (Å²) in [4.78, 5) is 0. The van der Waals surface area contributed by atoms with E-state index in [1.165, 1.54) is 12.8 Å². The lowest BCUT2D eigenvalue weighted by atomic mass is 9.45. The molecule has 0 aromatic heterocycles. The van der Waals surface area contributed by atoms with Crippen molar-refractivity contribution in [3.05, 3.63) is 12.3 Å². The lowest BCUT2D eigenvalue weighted by Gasteiger charge is -2.58. The van der Waals surface area contributed by atoms with Crippen LogP contribution < -0.4 is 0 Å². The number of hydrogen-bond donors (Lipinski definition) is 0. The van der Waals surface area contributed by atoms with Crippen LogP contribution in [0.1, 0.15) is 40.0 Å². The molecule has 4 fully saturated rings. The van der Waals surface area contributed by atoms with E-state index >= 15 is 0 Å². The van der Waals surface area contributed by atoms with Crippen molar-refractivity contribution in [3.63, 3.8) is 0 Å². The van der Waals surface area contributed by atoms with E-state index in [1.807, 2.05) is 13.0 Å². The normalized spacial score (nSPS) is 47.3. The van der Waals surface area contributed by atoms with Gasteiger partial charge in [-0.1, -0.05) is 19.9 Å². The molecule has 2 nitrogen and oxygen atoms in total. The maximum atomic E-state index is 6.03. The van der Waals surface area contributed by atoms with E-state index in [2.05, 4.69) is 13.8 Å². The first-order valence-electron chi connectivity index (χ1n) is 6.52. The highest BCUT2D eigenvalue weighted by Gasteiger charge is 2.74. The van der Waals surface area contributed by atoms with Gasteiger partial charge < -0.3 is 9.47 Å². The van der Waals surface area contributed by atoms with Crippen molar-refractivity contribution in [3.8, 4) is 0 Å². The Morgan fingerprint density at radius 2 is 2.19 bits per heavy atom. The molecule has 2 heteroatoms. The molecule has 0 aromatic rings. The highest BCUT2D eigenvalue weighted by atomic mass is 16.6. The van der Waals surface area contributed by atoms with Gasteiger partial charge in [0.2, 0.25) is 0 Å². The first-order chi connectivity index (χ1) is 7.61. The van der Waals surface area contributed by atoms with Gasteiger partial charge in [-0.15, -0.1) is 0 Å². The molecule has 4 aliphatic rings. The summed E-state index contributed by atoms with van der Waals surface area (Å²) in [5.41, 5.74) is 0.702. The van der Waals surface area contributed by atoms with Crippen LogP contribution in [-0.2, 0) is 9.47 Å². The Bertz CT molecular complexity index is 321. The largest absolute Gasteiger partial charge is 0.501 e. The van der Waals surface area contributed by atoms with Crippen molar-refractivity contribution in [1.82, 2.24) is 0 Å². The van der Waals surface area contributed by atoms with Crippen molar-refractivity contribution in [2.45, 2.75) is 51.7 Å². The van der Waals surface area contributed by atoms with Crippen LogP contribution in [0.3, 0.4) is 0 Å². The molecule has 3 saturated carbocycles. The van der Waals surface area contributed by atoms with Gasteiger partial charge in [-0.3, -0.25) is 0 Å². The van der Waals surface area contributed by atoms with Gasteiger partial charge in [0.15, 0.2) is 0 Å². The number of hydrogen-bond acceptors (Lipinski definition) is 2. The summed E-state index contributed by atoms with van der Waals surface area (Å²) in [5, 5.41) is 0. The highest BCUT2D eigenvalue weighted by Crippen LogP contribution is 2.71. The molecule has 1 saturated heterocycles. The zero-order chi connectivity index (χ0) is 11.4. The van der Waals surface area contributed by atoms with Crippen LogP contribution in [0.5, 0.6) is 0 Å². The molecule has 16 heavy (non-hydrogen) atoms. The Kier molecular flexibility index (Phi) is 2.16. The average molecular weight is 222 g/mol. The fourth-order valence-corrected chi connectivity index (χ4v) is 4.07. The molecule has 3 aliphatic carbocycles. The lowest BCUT2D eigenvalue weighted by molar-refractivity contribution is -0.0896. The summed E-state index contributed by atoms with van der Waals surface area (Å²) in [7, 11) is 0. The number of epoxide rings is 1. The Hall–Kier alpha value is -0.500. The minimum atomic E-state index is 0.194. The lowest BCUT2D eigenvalue weighted by Crippen LogP contribution is -2.57. The molecule has 0 N–H and O–H groups in total. The summed E-state index contributed by atoms with van der Waals surface area (Å²) < 4.78 is 11.5. The molecule has 0 aromatic carbocycles. The first-order valence-corrected chi connectivity index (χ1v) is 6.52. The predicted octanol–water partition coefficient (Wildman–Crippen LogP) is 3.13. The fraction of sp³-hybridized carbons (Fsp3) is 0.857. The summed E-state index contributed by atoms with van der Waals surface area (Å²) >= 11 is 0. The molecule has 2 bridgehead atoms. The Balaban J connectivity index is 1.62. The molecule has 0 spiro atoms. The monoisotopic (exact) mass is 222 g/mol. The Morgan fingerprint density at radius 3 is 2.88 bits per heavy atom. The molecule has 0 amide bonds. The predicted molar refractivity (Wildman–Crippen MR) is 63.0 cm³/mol. The maximum Gasteiger partial charge on any atom is 0.101 e. The van der Waals surface area contributed by atoms with Crippen LogP contribution in [0.25, 0.3) is 0 Å². The molecule has 4 atom stereocenters. The van der Waals surface area contributed by atoms with E-state index in [0.29, 0.717) is 11.5 Å². The molecule has 90 valence electrons. The van der Waals surface area contributed by atoms with E-state index in [4.69, 9.17) is 9.47 Å². The maximum absolute atomic E-state index is 6.03. The smallest absolute Gasteiger partial charge is 0.101 e. The van der Waals surface area contributed by atoms with Gasteiger partial charge in [0, 0.05) is 6.42 Å². The van der Waals surface area contributed by atoms with Crippen LogP contribution in [0.4, 0.5) is 0 Å². The summed E-state index contributed by atoms with van der Waals surface area (Å²) in [6.07, 6.45) is 8.01. The van der Waals surface area contributed by atoms with Gasteiger partial charge in [-0.2, -0.15) is 0 Å². The standard InChI is InChI=1S/C14H22O2/c1-4-6-15-7-5-14-11-8-10(13(11,2)3)9-12(14)16-14/h4,6,10-12H,5,7-9H2,1-3H3/b6-4+. The minimum absolute atomic E-state index is 0.194. The van der Waals surface area contributed by atoms with Crippen LogP contribution >= 0.6 is 0 Å². The van der Waals surface area contributed by atoms with Gasteiger partial charge in [-0.25, -0.2) is 0 Å². The van der Waals surface area contributed by atoms with E-state index in [-0.39, 0.29) is 5.60 Å². The molecule has 0 radical (unpaired) electrons. The van der Waals surface area contributed by atoms with Gasteiger partial charge in [-0.05, 0) is 37.0 Å². The van der Waals surface area contributed by atoms with E-state index < -0.39 is 0 Å². The zero-order valence-electron chi connectivity index (χ0n) is 10.5. The van der Waals surface area contributed by atoms with E-state index in [0.717, 1.165) is 24.9 Å². The van der Waals surface area contributed by atoms with E-state index in [9.17, 15) is 0 Å². The SMILES string of the molecule is C/C=C/OCCC12OC1CC1CC2C1(C)C. The number of allylic oxidation sites excluding steroid dienone is 1. The molecule has 4 rings (SSSR count). The third-order valence-corrected chi connectivity index (χ3v) is 5.25. The second-order valence-electron chi connectivity index (χ2n) is 6.19. The topological polar surface area (TPSA) is 21.8 Å². The summed E-state index contributed by atoms with van der Waals surface area (Å²) in [5.74, 6) is 1.69. The zero-order valence-corrected chi connectivity index (χ0v) is 10.5. The van der Waals surface area contributed by atoms with E-state index in [1.54, 1.807) is 6.26 Å². The minimum Gasteiger partial charge on any atom is -0.501 e. The fourth-order valence-electron chi connectivity index (χ4n) is 4.07. The molecule has 1 aliphatic heterocycles. The number of ether oxygens (including phenoxy) is 2. The number of rotatable bonds is 4. The molecular weight excluding hydrogens is 200 g/mol. The van der Waals surface area contributed by atoms with Crippen molar-refractivity contribution in [1.29, 1.82) is 0 Å². The molecule has 4 unspecified atom stereocenters. The quantitative estimate of drug-likeness (QED) is 0.414. The van der Waals surface area contributed by atoms with Crippen LogP contribution in [0, 0.1) is 17.3 Å². The molecular formula is C14H22O2. The van der Waals surface area contributed by atoms with Crippen LogP contribution in [0.15, 0.2) is 12.3 Å². The first kappa shape index (κ1) is 10.6. The average Bonchev–Trinajstić information content (AvgIpc) is 2.98. The van der Waals surface area contributed by atoms with Gasteiger partial charge in [0.1, 0.15) is 5.60 Å². The van der Waals surface area contributed by atoms with Crippen molar-refractivity contribution >= 4 is 0 Å². The summed E-state index contributed by atoms with van der Waals surface area (Å²) in [6.45, 7) is 7.61. The van der Waals surface area contributed by atoms with Crippen LogP contribution in [0.2, 0.25) is 0 Å². The van der Waals surface area contributed by atoms with Gasteiger partial charge >= 0.3 is 0 Å². The van der Waals surface area contributed by atoms with Crippen molar-refractivity contribution < 1.29 is 9.47 Å². The second-order valence-corrected chi connectivity index (χ2v) is 6.19.